The molecule has 1 rings (SSSR count). The maximum atomic E-state index is 12.8. The largest absolute Gasteiger partial charge is 0.508 e. The molecule has 1 aromatic carbocycles. The van der Waals surface area contributed by atoms with Gasteiger partial charge in [-0.05, 0) is 37.1 Å². The number of likely N-dealkylation sites (N-methyl/N-ethyl adjacent to an activating group) is 1. The van der Waals surface area contributed by atoms with Crippen molar-refractivity contribution >= 4 is 29.4 Å². The molecule has 10 nitrogen and oxygen atoms in total. The Morgan fingerprint density at radius 3 is 2.12 bits per heavy atom. The van der Waals surface area contributed by atoms with Crippen molar-refractivity contribution in [3.05, 3.63) is 29.8 Å². The average Bonchev–Trinajstić information content (AvgIpc) is 2.75. The van der Waals surface area contributed by atoms with E-state index in [1.54, 1.807) is 19.2 Å². The Morgan fingerprint density at radius 2 is 1.58 bits per heavy atom. The first-order valence-electron chi connectivity index (χ1n) is 10.8. The van der Waals surface area contributed by atoms with Crippen molar-refractivity contribution in [3.8, 4) is 5.75 Å². The zero-order valence-electron chi connectivity index (χ0n) is 19.2. The van der Waals surface area contributed by atoms with Crippen LogP contribution < -0.4 is 16.0 Å². The second kappa shape index (κ2) is 14.0. The molecule has 0 aliphatic carbocycles. The van der Waals surface area contributed by atoms with Crippen LogP contribution in [0.4, 0.5) is 0 Å². The molecule has 2 atom stereocenters. The van der Waals surface area contributed by atoms with E-state index in [-0.39, 0.29) is 55.5 Å². The number of carboxylic acids is 1. The number of benzene rings is 1. The number of hydrogen-bond donors (Lipinski definition) is 5. The number of aromatic hydroxyl groups is 1. The lowest BCUT2D eigenvalue weighted by Crippen LogP contribution is -2.42. The van der Waals surface area contributed by atoms with E-state index in [0.717, 1.165) is 5.56 Å². The molecule has 182 valence electrons. The number of amides is 2. The Morgan fingerprint density at radius 1 is 0.939 bits per heavy atom. The van der Waals surface area contributed by atoms with Crippen molar-refractivity contribution in [3.63, 3.8) is 0 Å². The number of hydrogen-bond acceptors (Lipinski definition) is 7. The maximum absolute atomic E-state index is 12.8. The first kappa shape index (κ1) is 27.8. The lowest BCUT2D eigenvalue weighted by molar-refractivity contribution is -0.138. The van der Waals surface area contributed by atoms with Gasteiger partial charge in [0.05, 0.1) is 12.6 Å². The second-order valence-electron chi connectivity index (χ2n) is 8.18. The Bertz CT molecular complexity index is 837. The molecule has 0 aromatic heterocycles. The lowest BCUT2D eigenvalue weighted by Gasteiger charge is -2.22. The Balaban J connectivity index is 2.73. The number of aliphatic carboxylic acids is 1. The zero-order valence-corrected chi connectivity index (χ0v) is 19.2. The summed E-state index contributed by atoms with van der Waals surface area (Å²) >= 11 is 0. The van der Waals surface area contributed by atoms with E-state index < -0.39 is 36.3 Å². The number of Topliss-reactive ketones (excluding diaryl/α,β-unsaturated/α-hetero) is 2. The van der Waals surface area contributed by atoms with Gasteiger partial charge in [0.1, 0.15) is 12.3 Å². The van der Waals surface area contributed by atoms with Gasteiger partial charge in [0.15, 0.2) is 11.6 Å². The number of ketones is 2. The van der Waals surface area contributed by atoms with Crippen LogP contribution in [0.15, 0.2) is 24.3 Å². The molecule has 0 aliphatic heterocycles. The molecule has 0 fully saturated rings. The third kappa shape index (κ3) is 10.7. The van der Waals surface area contributed by atoms with Crippen molar-refractivity contribution < 1.29 is 34.2 Å². The third-order valence-electron chi connectivity index (χ3n) is 5.09. The minimum atomic E-state index is -1.19. The number of rotatable bonds is 15. The predicted molar refractivity (Wildman–Crippen MR) is 121 cm³/mol. The number of phenolic OH excluding ortho intramolecular Hbond substituents is 1. The quantitative estimate of drug-likeness (QED) is 0.250. The van der Waals surface area contributed by atoms with Crippen LogP contribution in [-0.2, 0) is 30.4 Å². The van der Waals surface area contributed by atoms with Crippen molar-refractivity contribution in [2.24, 2.45) is 11.8 Å². The fourth-order valence-corrected chi connectivity index (χ4v) is 3.34. The van der Waals surface area contributed by atoms with E-state index in [2.05, 4.69) is 16.0 Å². The van der Waals surface area contributed by atoms with Gasteiger partial charge in [-0.3, -0.25) is 24.0 Å². The molecule has 10 heteroatoms. The van der Waals surface area contributed by atoms with E-state index in [1.165, 1.54) is 12.1 Å². The molecule has 0 spiro atoms. The van der Waals surface area contributed by atoms with Gasteiger partial charge in [0.25, 0.3) is 0 Å². The summed E-state index contributed by atoms with van der Waals surface area (Å²) in [4.78, 5) is 59.6. The predicted octanol–water partition coefficient (Wildman–Crippen LogP) is 0.420. The highest BCUT2D eigenvalue weighted by molar-refractivity contribution is 5.93. The molecule has 33 heavy (non-hydrogen) atoms. The highest BCUT2D eigenvalue weighted by Crippen LogP contribution is 2.18. The molecule has 0 unspecified atom stereocenters. The smallest absolute Gasteiger partial charge is 0.322 e. The molecule has 0 saturated carbocycles. The van der Waals surface area contributed by atoms with Gasteiger partial charge in [-0.15, -0.1) is 0 Å². The summed E-state index contributed by atoms with van der Waals surface area (Å²) < 4.78 is 0. The summed E-state index contributed by atoms with van der Waals surface area (Å²) in [6, 6.07) is 5.91. The molecule has 0 heterocycles. The minimum absolute atomic E-state index is 0.0256. The second-order valence-corrected chi connectivity index (χ2v) is 8.18. The van der Waals surface area contributed by atoms with Gasteiger partial charge in [-0.1, -0.05) is 26.0 Å². The van der Waals surface area contributed by atoms with E-state index in [9.17, 15) is 29.1 Å². The number of carbonyl (C=O) groups is 5. The number of phenols is 1. The third-order valence-corrected chi connectivity index (χ3v) is 5.09. The Labute approximate surface area is 193 Å². The molecular formula is C23H33N3O7. The molecule has 0 bridgehead atoms. The molecular weight excluding hydrogens is 430 g/mol. The van der Waals surface area contributed by atoms with Crippen molar-refractivity contribution in [2.45, 2.75) is 45.6 Å². The van der Waals surface area contributed by atoms with Gasteiger partial charge in [-0.2, -0.15) is 0 Å². The van der Waals surface area contributed by atoms with Crippen LogP contribution in [0.5, 0.6) is 5.75 Å². The fraction of sp³-hybridized carbons (Fsp3) is 0.522. The first-order chi connectivity index (χ1) is 15.5. The van der Waals surface area contributed by atoms with Gasteiger partial charge < -0.3 is 26.2 Å². The van der Waals surface area contributed by atoms with Crippen LogP contribution in [0.3, 0.4) is 0 Å². The summed E-state index contributed by atoms with van der Waals surface area (Å²) in [6.45, 7) is 2.98. The normalized spacial score (nSPS) is 12.6. The monoisotopic (exact) mass is 463 g/mol. The first-order valence-corrected chi connectivity index (χ1v) is 10.8. The van der Waals surface area contributed by atoms with Crippen LogP contribution in [-0.4, -0.2) is 65.7 Å². The topological polar surface area (TPSA) is 162 Å². The number of carbonyl (C=O) groups excluding carboxylic acids is 4. The van der Waals surface area contributed by atoms with Gasteiger partial charge in [0, 0.05) is 25.2 Å². The maximum Gasteiger partial charge on any atom is 0.322 e. The Kier molecular flexibility index (Phi) is 11.8. The SMILES string of the molecule is CN[C@H](C(=O)C[C@@H](Cc1ccc(O)cc1)C(=O)NCC(=O)CCC(=O)NCC(=O)O)C(C)C. The van der Waals surface area contributed by atoms with Crippen molar-refractivity contribution in [1.29, 1.82) is 0 Å². The van der Waals surface area contributed by atoms with Crippen molar-refractivity contribution in [1.82, 2.24) is 16.0 Å². The lowest BCUT2D eigenvalue weighted by atomic mass is 9.88. The molecule has 5 N–H and O–H groups in total. The fourth-order valence-electron chi connectivity index (χ4n) is 3.34. The van der Waals surface area contributed by atoms with Gasteiger partial charge in [-0.25, -0.2) is 0 Å². The number of nitrogens with one attached hydrogen (secondary N) is 3. The van der Waals surface area contributed by atoms with E-state index in [0.29, 0.717) is 0 Å². The standard InChI is InChI=1S/C23H33N3O7/c1-14(2)22(24-3)19(29)11-16(10-15-4-6-17(27)7-5-15)23(33)26-12-18(28)8-9-20(30)25-13-21(31)32/h4-7,14,16,22,24,27H,8-13H2,1-3H3,(H,25,30)(H,26,33)(H,31,32)/t16-,22+/m1/s1. The molecule has 0 aliphatic rings. The van der Waals surface area contributed by atoms with E-state index in [4.69, 9.17) is 5.11 Å². The summed E-state index contributed by atoms with van der Waals surface area (Å²) in [6.07, 6.45) is -0.113. The van der Waals surface area contributed by atoms with E-state index in [1.807, 2.05) is 13.8 Å². The summed E-state index contributed by atoms with van der Waals surface area (Å²) in [5.74, 6) is -3.32. The number of carboxylic acid groups (broad SMARTS) is 1. The van der Waals surface area contributed by atoms with Crippen molar-refractivity contribution in [2.75, 3.05) is 20.1 Å². The van der Waals surface area contributed by atoms with Gasteiger partial charge in [0.2, 0.25) is 11.8 Å². The van der Waals surface area contributed by atoms with Gasteiger partial charge >= 0.3 is 5.97 Å². The van der Waals surface area contributed by atoms with Crippen LogP contribution in [0.1, 0.15) is 38.7 Å². The van der Waals surface area contributed by atoms with Crippen LogP contribution >= 0.6 is 0 Å². The molecule has 2 amide bonds. The summed E-state index contributed by atoms with van der Waals surface area (Å²) in [7, 11) is 1.68. The Hall–Kier alpha value is -3.27. The zero-order chi connectivity index (χ0) is 25.0. The highest BCUT2D eigenvalue weighted by Gasteiger charge is 2.28. The summed E-state index contributed by atoms with van der Waals surface area (Å²) in [5.41, 5.74) is 0.757. The summed E-state index contributed by atoms with van der Waals surface area (Å²) in [5, 5.41) is 25.7. The molecule has 1 aromatic rings. The molecule has 0 radical (unpaired) electrons. The van der Waals surface area contributed by atoms with Crippen LogP contribution in [0, 0.1) is 11.8 Å². The highest BCUT2D eigenvalue weighted by atomic mass is 16.4. The van der Waals surface area contributed by atoms with Crippen LogP contribution in [0.25, 0.3) is 0 Å². The minimum Gasteiger partial charge on any atom is -0.508 e. The van der Waals surface area contributed by atoms with Crippen LogP contribution in [0.2, 0.25) is 0 Å². The molecule has 0 saturated heterocycles. The van der Waals surface area contributed by atoms with E-state index >= 15 is 0 Å². The average molecular weight is 464 g/mol.